The molecule has 0 spiro atoms. The van der Waals surface area contributed by atoms with Gasteiger partial charge in [0.25, 0.3) is 0 Å². The first-order chi connectivity index (χ1) is 10.0. The van der Waals surface area contributed by atoms with Crippen LogP contribution in [0.1, 0.15) is 21.9 Å². The SMILES string of the molecule is COC(=O)c1nc(C)n(-c2c(C#N)cccc2OC)c1N. The number of aryl methyl sites for hydroxylation is 1. The molecular formula is C14H14N4O3. The molecule has 2 aromatic rings. The Kier molecular flexibility index (Phi) is 3.80. The molecule has 1 aromatic carbocycles. The monoisotopic (exact) mass is 286 g/mol. The van der Waals surface area contributed by atoms with Gasteiger partial charge in [0.05, 0.1) is 19.8 Å². The van der Waals surface area contributed by atoms with Crippen molar-refractivity contribution < 1.29 is 14.3 Å². The van der Waals surface area contributed by atoms with Crippen LogP contribution in [0.5, 0.6) is 5.75 Å². The van der Waals surface area contributed by atoms with Crippen LogP contribution >= 0.6 is 0 Å². The van der Waals surface area contributed by atoms with Gasteiger partial charge in [0.2, 0.25) is 0 Å². The third-order valence-corrected chi connectivity index (χ3v) is 3.02. The molecule has 0 bridgehead atoms. The van der Waals surface area contributed by atoms with Gasteiger partial charge in [-0.1, -0.05) is 6.07 Å². The highest BCUT2D eigenvalue weighted by atomic mass is 16.5. The Morgan fingerprint density at radius 1 is 1.43 bits per heavy atom. The number of hydrogen-bond donors (Lipinski definition) is 1. The molecule has 0 unspecified atom stereocenters. The Bertz CT molecular complexity index is 743. The van der Waals surface area contributed by atoms with Gasteiger partial charge in [-0.2, -0.15) is 5.26 Å². The molecule has 1 aromatic heterocycles. The van der Waals surface area contributed by atoms with Crippen molar-refractivity contribution in [3.05, 3.63) is 35.3 Å². The van der Waals surface area contributed by atoms with Crippen LogP contribution in [0.3, 0.4) is 0 Å². The van der Waals surface area contributed by atoms with Gasteiger partial charge in [0.1, 0.15) is 29.1 Å². The fourth-order valence-electron chi connectivity index (χ4n) is 2.09. The molecule has 0 amide bonds. The summed E-state index contributed by atoms with van der Waals surface area (Å²) in [4.78, 5) is 15.8. The lowest BCUT2D eigenvalue weighted by Crippen LogP contribution is -2.09. The van der Waals surface area contributed by atoms with E-state index in [0.29, 0.717) is 22.8 Å². The Balaban J connectivity index is 2.77. The number of nitrogens with two attached hydrogens (primary N) is 1. The zero-order valence-electron chi connectivity index (χ0n) is 11.9. The average molecular weight is 286 g/mol. The Morgan fingerprint density at radius 3 is 2.71 bits per heavy atom. The predicted molar refractivity (Wildman–Crippen MR) is 75.3 cm³/mol. The molecule has 0 radical (unpaired) electrons. The van der Waals surface area contributed by atoms with E-state index in [1.165, 1.54) is 18.8 Å². The zero-order valence-corrected chi connectivity index (χ0v) is 11.9. The van der Waals surface area contributed by atoms with Crippen LogP contribution in [-0.2, 0) is 4.74 Å². The minimum Gasteiger partial charge on any atom is -0.495 e. The van der Waals surface area contributed by atoms with Gasteiger partial charge < -0.3 is 15.2 Å². The molecule has 108 valence electrons. The molecule has 1 heterocycles. The normalized spacial score (nSPS) is 10.0. The third kappa shape index (κ3) is 2.27. The molecule has 0 atom stereocenters. The van der Waals surface area contributed by atoms with E-state index >= 15 is 0 Å². The van der Waals surface area contributed by atoms with Gasteiger partial charge in [-0.15, -0.1) is 0 Å². The van der Waals surface area contributed by atoms with Crippen molar-refractivity contribution in [2.24, 2.45) is 0 Å². The van der Waals surface area contributed by atoms with E-state index in [1.54, 1.807) is 25.1 Å². The largest absolute Gasteiger partial charge is 0.495 e. The first-order valence-corrected chi connectivity index (χ1v) is 6.05. The summed E-state index contributed by atoms with van der Waals surface area (Å²) in [5.41, 5.74) is 6.80. The second-order valence-corrected chi connectivity index (χ2v) is 4.19. The smallest absolute Gasteiger partial charge is 0.360 e. The lowest BCUT2D eigenvalue weighted by molar-refractivity contribution is 0.0596. The van der Waals surface area contributed by atoms with Crippen LogP contribution in [0.25, 0.3) is 5.69 Å². The average Bonchev–Trinajstić information content (AvgIpc) is 2.80. The highest BCUT2D eigenvalue weighted by molar-refractivity contribution is 5.92. The van der Waals surface area contributed by atoms with Crippen LogP contribution < -0.4 is 10.5 Å². The molecule has 7 nitrogen and oxygen atoms in total. The van der Waals surface area contributed by atoms with Crippen LogP contribution in [-0.4, -0.2) is 29.7 Å². The summed E-state index contributed by atoms with van der Waals surface area (Å²) in [6.07, 6.45) is 0. The number of imidazole rings is 1. The number of nitriles is 1. The standard InChI is InChI=1S/C14H14N4O3/c1-8-17-11(14(19)21-3)13(16)18(8)12-9(7-15)5-4-6-10(12)20-2/h4-6H,16H2,1-3H3. The van der Waals surface area contributed by atoms with E-state index in [0.717, 1.165) is 0 Å². The number of para-hydroxylation sites is 1. The molecule has 0 fully saturated rings. The van der Waals surface area contributed by atoms with Crippen molar-refractivity contribution in [3.63, 3.8) is 0 Å². The lowest BCUT2D eigenvalue weighted by atomic mass is 10.1. The number of nitrogens with zero attached hydrogens (tertiary/aromatic N) is 3. The molecule has 0 aliphatic heterocycles. The molecule has 0 aliphatic rings. The number of ether oxygens (including phenoxy) is 2. The number of aromatic nitrogens is 2. The van der Waals surface area contributed by atoms with Crippen LogP contribution in [0.4, 0.5) is 5.82 Å². The number of hydrogen-bond acceptors (Lipinski definition) is 6. The number of nitrogen functional groups attached to an aromatic ring is 1. The van der Waals surface area contributed by atoms with Gasteiger partial charge in [-0.25, -0.2) is 9.78 Å². The molecule has 0 saturated heterocycles. The molecule has 0 saturated carbocycles. The topological polar surface area (TPSA) is 103 Å². The summed E-state index contributed by atoms with van der Waals surface area (Å²) < 4.78 is 11.4. The molecule has 7 heteroatoms. The maximum Gasteiger partial charge on any atom is 0.360 e. The first kappa shape index (κ1) is 14.4. The Morgan fingerprint density at radius 2 is 2.14 bits per heavy atom. The van der Waals surface area contributed by atoms with Crippen molar-refractivity contribution in [2.45, 2.75) is 6.92 Å². The third-order valence-electron chi connectivity index (χ3n) is 3.02. The van der Waals surface area contributed by atoms with E-state index in [4.69, 9.17) is 10.5 Å². The Labute approximate surface area is 121 Å². The summed E-state index contributed by atoms with van der Waals surface area (Å²) in [6.45, 7) is 1.68. The predicted octanol–water partition coefficient (Wildman–Crippen LogP) is 1.43. The number of benzene rings is 1. The van der Waals surface area contributed by atoms with Gasteiger partial charge >= 0.3 is 5.97 Å². The van der Waals surface area contributed by atoms with Crippen molar-refractivity contribution in [3.8, 4) is 17.5 Å². The van der Waals surface area contributed by atoms with Crippen molar-refractivity contribution in [1.29, 1.82) is 5.26 Å². The number of carbonyl (C=O) groups excluding carboxylic acids is 1. The fourth-order valence-corrected chi connectivity index (χ4v) is 2.09. The van der Waals surface area contributed by atoms with E-state index < -0.39 is 5.97 Å². The number of carbonyl (C=O) groups is 1. The molecule has 21 heavy (non-hydrogen) atoms. The lowest BCUT2D eigenvalue weighted by Gasteiger charge is -2.13. The highest BCUT2D eigenvalue weighted by Gasteiger charge is 2.23. The summed E-state index contributed by atoms with van der Waals surface area (Å²) in [5.74, 6) is 0.370. The van der Waals surface area contributed by atoms with Gasteiger partial charge in [-0.05, 0) is 19.1 Å². The molecule has 0 aliphatic carbocycles. The van der Waals surface area contributed by atoms with E-state index in [-0.39, 0.29) is 11.5 Å². The van der Waals surface area contributed by atoms with Gasteiger partial charge in [-0.3, -0.25) is 4.57 Å². The minimum atomic E-state index is -0.636. The quantitative estimate of drug-likeness (QED) is 0.856. The van der Waals surface area contributed by atoms with E-state index in [9.17, 15) is 10.1 Å². The van der Waals surface area contributed by atoms with Crippen LogP contribution in [0.2, 0.25) is 0 Å². The van der Waals surface area contributed by atoms with Crippen LogP contribution in [0.15, 0.2) is 18.2 Å². The maximum absolute atomic E-state index is 11.7. The summed E-state index contributed by atoms with van der Waals surface area (Å²) in [6, 6.07) is 7.11. The van der Waals surface area contributed by atoms with Crippen molar-refractivity contribution >= 4 is 11.8 Å². The highest BCUT2D eigenvalue weighted by Crippen LogP contribution is 2.31. The minimum absolute atomic E-state index is 0.00444. The number of methoxy groups -OCH3 is 2. The first-order valence-electron chi connectivity index (χ1n) is 6.05. The van der Waals surface area contributed by atoms with Crippen LogP contribution in [0, 0.1) is 18.3 Å². The second-order valence-electron chi connectivity index (χ2n) is 4.19. The van der Waals surface area contributed by atoms with E-state index in [1.807, 2.05) is 0 Å². The second kappa shape index (κ2) is 5.54. The molecule has 2 N–H and O–H groups in total. The zero-order chi connectivity index (χ0) is 15.6. The van der Waals surface area contributed by atoms with Crippen molar-refractivity contribution in [2.75, 3.05) is 20.0 Å². The number of rotatable bonds is 3. The number of esters is 1. The van der Waals surface area contributed by atoms with E-state index in [2.05, 4.69) is 15.8 Å². The summed E-state index contributed by atoms with van der Waals surface area (Å²) in [7, 11) is 2.74. The van der Waals surface area contributed by atoms with Gasteiger partial charge in [0.15, 0.2) is 5.69 Å². The Hall–Kier alpha value is -3.01. The number of anilines is 1. The molecular weight excluding hydrogens is 272 g/mol. The molecule has 2 rings (SSSR count). The maximum atomic E-state index is 11.7. The fraction of sp³-hybridized carbons (Fsp3) is 0.214. The van der Waals surface area contributed by atoms with Crippen molar-refractivity contribution in [1.82, 2.24) is 9.55 Å². The summed E-state index contributed by atoms with van der Waals surface area (Å²) >= 11 is 0. The van der Waals surface area contributed by atoms with Gasteiger partial charge in [0, 0.05) is 0 Å². The summed E-state index contributed by atoms with van der Waals surface area (Å²) in [5, 5.41) is 9.27.